The molecule has 4 heteroatoms. The third kappa shape index (κ3) is 3.26. The van der Waals surface area contributed by atoms with Crippen LogP contribution in [0.5, 0.6) is 0 Å². The summed E-state index contributed by atoms with van der Waals surface area (Å²) in [5, 5.41) is 9.61. The Hall–Kier alpha value is -1.84. The summed E-state index contributed by atoms with van der Waals surface area (Å²) >= 11 is 0. The van der Waals surface area contributed by atoms with Gasteiger partial charge in [-0.1, -0.05) is 43.2 Å². The molecule has 21 heavy (non-hydrogen) atoms. The molecule has 4 nitrogen and oxygen atoms in total. The SMILES string of the molecule is CN(C(=O)CC(C)(C(=O)O)c1ccccc1)C1CCCC1. The summed E-state index contributed by atoms with van der Waals surface area (Å²) in [6.07, 6.45) is 4.35. The number of rotatable bonds is 5. The number of hydrogen-bond donors (Lipinski definition) is 1. The zero-order valence-corrected chi connectivity index (χ0v) is 12.7. The number of aliphatic carboxylic acids is 1. The summed E-state index contributed by atoms with van der Waals surface area (Å²) < 4.78 is 0. The lowest BCUT2D eigenvalue weighted by Crippen LogP contribution is -2.42. The first-order valence-electron chi connectivity index (χ1n) is 7.50. The fourth-order valence-electron chi connectivity index (χ4n) is 3.03. The minimum absolute atomic E-state index is 0.000648. The molecule has 114 valence electrons. The molecular formula is C17H23NO3. The van der Waals surface area contributed by atoms with Crippen molar-refractivity contribution < 1.29 is 14.7 Å². The molecule has 1 unspecified atom stereocenters. The number of carbonyl (C=O) groups is 2. The second-order valence-corrected chi connectivity index (χ2v) is 6.12. The Labute approximate surface area is 125 Å². The predicted molar refractivity (Wildman–Crippen MR) is 81.1 cm³/mol. The van der Waals surface area contributed by atoms with Gasteiger partial charge in [0, 0.05) is 19.5 Å². The molecule has 0 saturated heterocycles. The van der Waals surface area contributed by atoms with Crippen LogP contribution in [0.2, 0.25) is 0 Å². The normalized spacial score (nSPS) is 18.2. The van der Waals surface area contributed by atoms with E-state index in [9.17, 15) is 14.7 Å². The second kappa shape index (κ2) is 6.29. The fraction of sp³-hybridized carbons (Fsp3) is 0.529. The van der Waals surface area contributed by atoms with Gasteiger partial charge < -0.3 is 10.0 Å². The summed E-state index contributed by atoms with van der Waals surface area (Å²) in [4.78, 5) is 26.0. The number of nitrogens with zero attached hydrogens (tertiary/aromatic N) is 1. The molecule has 1 aliphatic carbocycles. The Morgan fingerprint density at radius 2 is 1.81 bits per heavy atom. The minimum Gasteiger partial charge on any atom is -0.481 e. The van der Waals surface area contributed by atoms with E-state index in [-0.39, 0.29) is 18.4 Å². The highest BCUT2D eigenvalue weighted by Gasteiger charge is 2.39. The number of carboxylic acids is 1. The van der Waals surface area contributed by atoms with Crippen LogP contribution in [0.3, 0.4) is 0 Å². The number of benzene rings is 1. The molecule has 2 rings (SSSR count). The zero-order valence-electron chi connectivity index (χ0n) is 12.7. The zero-order chi connectivity index (χ0) is 15.5. The van der Waals surface area contributed by atoms with Gasteiger partial charge in [0.1, 0.15) is 0 Å². The lowest BCUT2D eigenvalue weighted by atomic mass is 9.79. The summed E-state index contributed by atoms with van der Waals surface area (Å²) in [5.41, 5.74) is -0.503. The molecule has 1 atom stereocenters. The van der Waals surface area contributed by atoms with Crippen LogP contribution in [0.4, 0.5) is 0 Å². The lowest BCUT2D eigenvalue weighted by Gasteiger charge is -2.30. The summed E-state index contributed by atoms with van der Waals surface area (Å²) in [6.45, 7) is 1.63. The van der Waals surface area contributed by atoms with Gasteiger partial charge in [-0.25, -0.2) is 0 Å². The molecule has 1 aromatic rings. The van der Waals surface area contributed by atoms with Crippen LogP contribution in [0.15, 0.2) is 30.3 Å². The maximum absolute atomic E-state index is 12.5. The predicted octanol–water partition coefficient (Wildman–Crippen LogP) is 2.82. The summed E-state index contributed by atoms with van der Waals surface area (Å²) in [6, 6.07) is 9.28. The minimum atomic E-state index is -1.18. The van der Waals surface area contributed by atoms with Crippen LogP contribution in [0, 0.1) is 0 Å². The van der Waals surface area contributed by atoms with Crippen LogP contribution < -0.4 is 0 Å². The van der Waals surface area contributed by atoms with Crippen molar-refractivity contribution in [3.8, 4) is 0 Å². The standard InChI is InChI=1S/C17H23NO3/c1-17(16(20)21,13-8-4-3-5-9-13)12-15(19)18(2)14-10-6-7-11-14/h3-5,8-9,14H,6-7,10-12H2,1-2H3,(H,20,21). The van der Waals surface area contributed by atoms with Crippen LogP contribution in [-0.2, 0) is 15.0 Å². The molecule has 0 radical (unpaired) electrons. The Bertz CT molecular complexity index is 508. The van der Waals surface area contributed by atoms with Gasteiger partial charge >= 0.3 is 5.97 Å². The Morgan fingerprint density at radius 3 is 2.33 bits per heavy atom. The first-order chi connectivity index (χ1) is 9.95. The van der Waals surface area contributed by atoms with Gasteiger partial charge in [0.05, 0.1) is 5.41 Å². The maximum Gasteiger partial charge on any atom is 0.314 e. The quantitative estimate of drug-likeness (QED) is 0.906. The number of amides is 1. The number of carbonyl (C=O) groups excluding carboxylic acids is 1. The second-order valence-electron chi connectivity index (χ2n) is 6.12. The molecule has 0 bridgehead atoms. The Balaban J connectivity index is 2.16. The van der Waals surface area contributed by atoms with E-state index in [4.69, 9.17) is 0 Å². The molecular weight excluding hydrogens is 266 g/mol. The summed E-state index contributed by atoms with van der Waals surface area (Å²) in [5.74, 6) is -1.04. The topological polar surface area (TPSA) is 57.6 Å². The van der Waals surface area contributed by atoms with E-state index < -0.39 is 11.4 Å². The van der Waals surface area contributed by atoms with E-state index in [1.54, 1.807) is 31.0 Å². The van der Waals surface area contributed by atoms with E-state index in [2.05, 4.69) is 0 Å². The van der Waals surface area contributed by atoms with Crippen molar-refractivity contribution in [3.63, 3.8) is 0 Å². The number of hydrogen-bond acceptors (Lipinski definition) is 2. The van der Waals surface area contributed by atoms with Crippen LogP contribution in [-0.4, -0.2) is 35.0 Å². The van der Waals surface area contributed by atoms with Crippen molar-refractivity contribution in [2.45, 2.75) is 50.5 Å². The fourth-order valence-corrected chi connectivity index (χ4v) is 3.03. The van der Waals surface area contributed by atoms with E-state index >= 15 is 0 Å². The van der Waals surface area contributed by atoms with Crippen molar-refractivity contribution in [1.29, 1.82) is 0 Å². The largest absolute Gasteiger partial charge is 0.481 e. The van der Waals surface area contributed by atoms with Gasteiger partial charge in [-0.15, -0.1) is 0 Å². The van der Waals surface area contributed by atoms with Gasteiger partial charge in [-0.2, -0.15) is 0 Å². The van der Waals surface area contributed by atoms with E-state index in [1.807, 2.05) is 18.2 Å². The number of carboxylic acid groups (broad SMARTS) is 1. The molecule has 0 spiro atoms. The molecule has 1 amide bonds. The molecule has 1 fully saturated rings. The molecule has 1 aromatic carbocycles. The van der Waals surface area contributed by atoms with Crippen molar-refractivity contribution in [2.24, 2.45) is 0 Å². The molecule has 0 heterocycles. The van der Waals surface area contributed by atoms with Crippen LogP contribution in [0.25, 0.3) is 0 Å². The first kappa shape index (κ1) is 15.5. The molecule has 1 saturated carbocycles. The average Bonchev–Trinajstić information content (AvgIpc) is 3.01. The van der Waals surface area contributed by atoms with E-state index in [0.717, 1.165) is 25.7 Å². The highest BCUT2D eigenvalue weighted by atomic mass is 16.4. The van der Waals surface area contributed by atoms with Crippen molar-refractivity contribution in [1.82, 2.24) is 4.90 Å². The molecule has 1 aliphatic rings. The third-order valence-corrected chi connectivity index (χ3v) is 4.65. The average molecular weight is 289 g/mol. The molecule has 0 aromatic heterocycles. The van der Waals surface area contributed by atoms with Crippen molar-refractivity contribution in [2.75, 3.05) is 7.05 Å². The van der Waals surface area contributed by atoms with Gasteiger partial charge in [0.25, 0.3) is 0 Å². The molecule has 1 N–H and O–H groups in total. The van der Waals surface area contributed by atoms with Gasteiger partial charge in [-0.3, -0.25) is 9.59 Å². The highest BCUT2D eigenvalue weighted by molar-refractivity contribution is 5.89. The van der Waals surface area contributed by atoms with Crippen LogP contribution >= 0.6 is 0 Å². The molecule has 0 aliphatic heterocycles. The van der Waals surface area contributed by atoms with Gasteiger partial charge in [0.2, 0.25) is 5.91 Å². The smallest absolute Gasteiger partial charge is 0.314 e. The van der Waals surface area contributed by atoms with Gasteiger partial charge in [0.15, 0.2) is 0 Å². The van der Waals surface area contributed by atoms with Crippen molar-refractivity contribution >= 4 is 11.9 Å². The lowest BCUT2D eigenvalue weighted by molar-refractivity contribution is -0.147. The first-order valence-corrected chi connectivity index (χ1v) is 7.50. The maximum atomic E-state index is 12.5. The Morgan fingerprint density at radius 1 is 1.24 bits per heavy atom. The third-order valence-electron chi connectivity index (χ3n) is 4.65. The van der Waals surface area contributed by atoms with E-state index in [1.165, 1.54) is 0 Å². The highest BCUT2D eigenvalue weighted by Crippen LogP contribution is 2.30. The monoisotopic (exact) mass is 289 g/mol. The van der Waals surface area contributed by atoms with Gasteiger partial charge in [-0.05, 0) is 25.3 Å². The van der Waals surface area contributed by atoms with E-state index in [0.29, 0.717) is 5.56 Å². The Kier molecular flexibility index (Phi) is 4.66. The summed E-state index contributed by atoms with van der Waals surface area (Å²) in [7, 11) is 1.80. The van der Waals surface area contributed by atoms with Crippen LogP contribution in [0.1, 0.15) is 44.6 Å². The van der Waals surface area contributed by atoms with Crippen molar-refractivity contribution in [3.05, 3.63) is 35.9 Å².